The van der Waals surface area contributed by atoms with Crippen molar-refractivity contribution >= 4 is 34.4 Å². The summed E-state index contributed by atoms with van der Waals surface area (Å²) >= 11 is 0. The van der Waals surface area contributed by atoms with Crippen LogP contribution in [0.15, 0.2) is 18.3 Å². The van der Waals surface area contributed by atoms with Crippen molar-refractivity contribution in [1.82, 2.24) is 39.5 Å². The molecule has 1 aliphatic rings. The number of halogens is 5. The highest BCUT2D eigenvalue weighted by molar-refractivity contribution is 5.88. The lowest BCUT2D eigenvalue weighted by Gasteiger charge is -2.38. The van der Waals surface area contributed by atoms with E-state index in [1.54, 1.807) is 0 Å². The third kappa shape index (κ3) is 4.11. The molecule has 1 saturated heterocycles. The van der Waals surface area contributed by atoms with Gasteiger partial charge in [-0.3, -0.25) is 4.79 Å². The normalized spacial score (nSPS) is 17.9. The largest absolute Gasteiger partial charge is 0.382 e. The predicted molar refractivity (Wildman–Crippen MR) is 117 cm³/mol. The smallest absolute Gasteiger partial charge is 0.285 e. The Kier molecular flexibility index (Phi) is 5.60. The number of hydrogen-bond acceptors (Lipinski definition) is 8. The molecule has 1 amide bonds. The average molecular weight is 510 g/mol. The molecule has 0 unspecified atom stereocenters. The second-order valence-electron chi connectivity index (χ2n) is 8.35. The number of amides is 1. The average Bonchev–Trinajstić information content (AvgIpc) is 3.34. The summed E-state index contributed by atoms with van der Waals surface area (Å²) < 4.78 is 71.9. The number of nitrogens with two attached hydrogens (primary N) is 1. The molecule has 4 aromatic rings. The van der Waals surface area contributed by atoms with E-state index in [0.29, 0.717) is 0 Å². The Morgan fingerprint density at radius 2 is 2.08 bits per heavy atom. The van der Waals surface area contributed by atoms with Gasteiger partial charge in [0.05, 0.1) is 30.0 Å². The minimum atomic E-state index is -3.27. The molecule has 1 atom stereocenters. The maximum Gasteiger partial charge on any atom is 0.285 e. The summed E-state index contributed by atoms with van der Waals surface area (Å²) in [4.78, 5) is 20.8. The standard InChI is InChI=1S/C20H19F5N10O/c1-9(36)33-5-4-13(20(24,25)8-33)28-19-29-17(26)16-15(10(21)6-34(16)31-19)11-2-3-12-18(27-11)35(32-30-12)7-14(22)23/h2-3,6,13-14H,4-5,7-8H2,1H3,(H3,26,28,29,31)/t13-/m1/s1. The number of hydrogen-bond donors (Lipinski definition) is 2. The maximum atomic E-state index is 15.0. The fourth-order valence-electron chi connectivity index (χ4n) is 4.17. The SMILES string of the molecule is CC(=O)N1CC[C@@H](Nc2nc(N)c3c(-c4ccc5nnn(CC(F)F)c5n4)c(F)cn3n2)C(F)(F)C1. The molecule has 0 aromatic carbocycles. The van der Waals surface area contributed by atoms with Crippen molar-refractivity contribution in [3.05, 3.63) is 24.1 Å². The fraction of sp³-hybridized carbons (Fsp3) is 0.400. The van der Waals surface area contributed by atoms with Gasteiger partial charge in [0.25, 0.3) is 12.3 Å². The van der Waals surface area contributed by atoms with E-state index in [-0.39, 0.29) is 52.7 Å². The van der Waals surface area contributed by atoms with Crippen LogP contribution in [0.5, 0.6) is 0 Å². The van der Waals surface area contributed by atoms with Crippen LogP contribution in [-0.2, 0) is 11.3 Å². The number of aromatic nitrogens is 7. The van der Waals surface area contributed by atoms with Crippen LogP contribution < -0.4 is 11.1 Å². The molecular formula is C20H19F5N10O. The molecule has 0 aliphatic carbocycles. The zero-order chi connectivity index (χ0) is 25.8. The molecule has 3 N–H and O–H groups in total. The number of carbonyl (C=O) groups is 1. The highest BCUT2D eigenvalue weighted by atomic mass is 19.3. The summed E-state index contributed by atoms with van der Waals surface area (Å²) in [5, 5.41) is 14.0. The number of nitrogen functional groups attached to an aromatic ring is 1. The molecule has 190 valence electrons. The van der Waals surface area contributed by atoms with Gasteiger partial charge in [0.2, 0.25) is 11.9 Å². The van der Waals surface area contributed by atoms with Crippen molar-refractivity contribution in [3.63, 3.8) is 0 Å². The highest BCUT2D eigenvalue weighted by Gasteiger charge is 2.45. The number of fused-ring (bicyclic) bond motifs is 2. The topological polar surface area (TPSA) is 132 Å². The summed E-state index contributed by atoms with van der Waals surface area (Å²) in [5.41, 5.74) is 6.25. The molecule has 36 heavy (non-hydrogen) atoms. The molecule has 0 saturated carbocycles. The quantitative estimate of drug-likeness (QED) is 0.391. The molecule has 11 nitrogen and oxygen atoms in total. The van der Waals surface area contributed by atoms with Gasteiger partial charge < -0.3 is 16.0 Å². The summed E-state index contributed by atoms with van der Waals surface area (Å²) in [6, 6.07) is 1.48. The number of piperidine rings is 1. The molecular weight excluding hydrogens is 491 g/mol. The van der Waals surface area contributed by atoms with Crippen molar-refractivity contribution in [2.24, 2.45) is 0 Å². The maximum absolute atomic E-state index is 15.0. The van der Waals surface area contributed by atoms with E-state index in [9.17, 15) is 22.4 Å². The summed E-state index contributed by atoms with van der Waals surface area (Å²) in [7, 11) is 0. The molecule has 0 radical (unpaired) electrons. The first-order chi connectivity index (χ1) is 17.0. The molecule has 1 fully saturated rings. The van der Waals surface area contributed by atoms with Crippen LogP contribution in [0.1, 0.15) is 13.3 Å². The van der Waals surface area contributed by atoms with Crippen molar-refractivity contribution in [1.29, 1.82) is 0 Å². The molecule has 5 rings (SSSR count). The van der Waals surface area contributed by atoms with Gasteiger partial charge in [-0.05, 0) is 18.6 Å². The fourth-order valence-corrected chi connectivity index (χ4v) is 4.17. The summed E-state index contributed by atoms with van der Waals surface area (Å²) in [6.07, 6.45) is -1.79. The Balaban J connectivity index is 1.49. The van der Waals surface area contributed by atoms with Crippen LogP contribution in [0.25, 0.3) is 27.9 Å². The van der Waals surface area contributed by atoms with Gasteiger partial charge in [0.1, 0.15) is 17.6 Å². The monoisotopic (exact) mass is 510 g/mol. The van der Waals surface area contributed by atoms with Crippen LogP contribution in [0.2, 0.25) is 0 Å². The number of anilines is 2. The number of alkyl halides is 4. The number of nitrogens with zero attached hydrogens (tertiary/aromatic N) is 8. The van der Waals surface area contributed by atoms with Crippen LogP contribution in [0.4, 0.5) is 33.7 Å². The van der Waals surface area contributed by atoms with Gasteiger partial charge in [0.15, 0.2) is 17.3 Å². The Morgan fingerprint density at radius 1 is 1.31 bits per heavy atom. The number of likely N-dealkylation sites (tertiary alicyclic amines) is 1. The first-order valence-electron chi connectivity index (χ1n) is 10.8. The molecule has 1 aliphatic heterocycles. The Labute approximate surface area is 199 Å². The van der Waals surface area contributed by atoms with Crippen molar-refractivity contribution in [2.75, 3.05) is 24.1 Å². The Bertz CT molecular complexity index is 1470. The number of nitrogens with one attached hydrogen (secondary N) is 1. The Hall–Kier alpha value is -4.11. The first kappa shape index (κ1) is 23.6. The van der Waals surface area contributed by atoms with Crippen molar-refractivity contribution < 1.29 is 26.7 Å². The van der Waals surface area contributed by atoms with Crippen LogP contribution in [0, 0.1) is 5.82 Å². The third-order valence-corrected chi connectivity index (χ3v) is 5.89. The molecule has 16 heteroatoms. The number of carbonyl (C=O) groups excluding carboxylic acids is 1. The zero-order valence-electron chi connectivity index (χ0n) is 18.7. The van der Waals surface area contributed by atoms with Gasteiger partial charge in [-0.1, -0.05) is 5.21 Å². The third-order valence-electron chi connectivity index (χ3n) is 5.89. The van der Waals surface area contributed by atoms with Crippen LogP contribution >= 0.6 is 0 Å². The van der Waals surface area contributed by atoms with Crippen LogP contribution in [-0.4, -0.2) is 76.9 Å². The van der Waals surface area contributed by atoms with Gasteiger partial charge in [0, 0.05) is 13.5 Å². The van der Waals surface area contributed by atoms with Gasteiger partial charge >= 0.3 is 0 Å². The van der Waals surface area contributed by atoms with Crippen LogP contribution in [0.3, 0.4) is 0 Å². The lowest BCUT2D eigenvalue weighted by Crippen LogP contribution is -2.55. The van der Waals surface area contributed by atoms with E-state index in [1.807, 2.05) is 0 Å². The lowest BCUT2D eigenvalue weighted by molar-refractivity contribution is -0.140. The molecule has 0 spiro atoms. The zero-order valence-corrected chi connectivity index (χ0v) is 18.7. The van der Waals surface area contributed by atoms with E-state index in [2.05, 4.69) is 30.7 Å². The minimum Gasteiger partial charge on any atom is -0.382 e. The van der Waals surface area contributed by atoms with E-state index in [1.165, 1.54) is 19.1 Å². The van der Waals surface area contributed by atoms with Crippen molar-refractivity contribution in [2.45, 2.75) is 38.3 Å². The molecule has 5 heterocycles. The highest BCUT2D eigenvalue weighted by Crippen LogP contribution is 2.33. The predicted octanol–water partition coefficient (Wildman–Crippen LogP) is 2.19. The first-order valence-corrected chi connectivity index (χ1v) is 10.8. The van der Waals surface area contributed by atoms with Gasteiger partial charge in [-0.2, -0.15) is 4.98 Å². The van der Waals surface area contributed by atoms with E-state index >= 15 is 4.39 Å². The van der Waals surface area contributed by atoms with E-state index < -0.39 is 43.2 Å². The number of rotatable bonds is 5. The second-order valence-corrected chi connectivity index (χ2v) is 8.35. The van der Waals surface area contributed by atoms with Crippen molar-refractivity contribution in [3.8, 4) is 11.3 Å². The Morgan fingerprint density at radius 3 is 2.78 bits per heavy atom. The second kappa shape index (κ2) is 8.53. The van der Waals surface area contributed by atoms with Gasteiger partial charge in [-0.15, -0.1) is 10.2 Å². The molecule has 4 aromatic heterocycles. The van der Waals surface area contributed by atoms with E-state index in [4.69, 9.17) is 5.73 Å². The lowest BCUT2D eigenvalue weighted by atomic mass is 10.0. The summed E-state index contributed by atoms with van der Waals surface area (Å²) in [6.45, 7) is -0.170. The van der Waals surface area contributed by atoms with E-state index in [0.717, 1.165) is 20.3 Å². The molecule has 0 bridgehead atoms. The van der Waals surface area contributed by atoms with Gasteiger partial charge in [-0.25, -0.2) is 36.1 Å². The number of pyridine rings is 1. The minimum absolute atomic E-state index is 0.0101. The summed E-state index contributed by atoms with van der Waals surface area (Å²) in [5.74, 6) is -5.00.